The topological polar surface area (TPSA) is 62.3 Å². The van der Waals surface area contributed by atoms with Crippen LogP contribution in [0.25, 0.3) is 6.08 Å². The lowest BCUT2D eigenvalue weighted by Gasteiger charge is -2.20. The van der Waals surface area contributed by atoms with Crippen LogP contribution in [0, 0.1) is 0 Å². The number of unbranched alkanes of at least 4 members (excludes halogenated alkanes) is 2. The van der Waals surface area contributed by atoms with Gasteiger partial charge in [-0.05, 0) is 18.1 Å². The number of amides is 2. The smallest absolute Gasteiger partial charge is 0.247 e. The molecule has 0 bridgehead atoms. The van der Waals surface area contributed by atoms with Gasteiger partial charge in [0.25, 0.3) is 0 Å². The Balaban J connectivity index is 1.96. The van der Waals surface area contributed by atoms with Gasteiger partial charge in [-0.25, -0.2) is 4.98 Å². The second kappa shape index (κ2) is 10.4. The van der Waals surface area contributed by atoms with Crippen molar-refractivity contribution < 1.29 is 9.59 Å². The van der Waals surface area contributed by atoms with Crippen LogP contribution in [-0.4, -0.2) is 34.8 Å². The molecule has 2 aromatic rings. The summed E-state index contributed by atoms with van der Waals surface area (Å²) in [5, 5.41) is 5.06. The predicted octanol–water partition coefficient (Wildman–Crippen LogP) is 3.81. The Morgan fingerprint density at radius 3 is 2.72 bits per heavy atom. The predicted molar refractivity (Wildman–Crippen MR) is 102 cm³/mol. The van der Waals surface area contributed by atoms with Crippen molar-refractivity contribution in [1.29, 1.82) is 0 Å². The van der Waals surface area contributed by atoms with Gasteiger partial charge < -0.3 is 10.2 Å². The number of carbonyl (C=O) groups is 2. The van der Waals surface area contributed by atoms with Gasteiger partial charge in [-0.15, -0.1) is 11.3 Å². The zero-order chi connectivity index (χ0) is 17.9. The number of thiazole rings is 1. The molecule has 2 rings (SSSR count). The molecule has 0 aliphatic rings. The van der Waals surface area contributed by atoms with Crippen molar-refractivity contribution in [2.45, 2.75) is 26.2 Å². The van der Waals surface area contributed by atoms with Crippen molar-refractivity contribution in [2.75, 3.05) is 18.4 Å². The summed E-state index contributed by atoms with van der Waals surface area (Å²) >= 11 is 1.36. The summed E-state index contributed by atoms with van der Waals surface area (Å²) in [4.78, 5) is 30.3. The van der Waals surface area contributed by atoms with E-state index in [1.165, 1.54) is 17.4 Å². The molecule has 0 aliphatic carbocycles. The van der Waals surface area contributed by atoms with Gasteiger partial charge in [0.1, 0.15) is 6.54 Å². The molecule has 25 heavy (non-hydrogen) atoms. The molecule has 0 spiro atoms. The van der Waals surface area contributed by atoms with Gasteiger partial charge in [0, 0.05) is 24.2 Å². The van der Waals surface area contributed by atoms with Crippen LogP contribution in [-0.2, 0) is 9.59 Å². The molecule has 1 aromatic heterocycles. The van der Waals surface area contributed by atoms with Gasteiger partial charge in [-0.2, -0.15) is 0 Å². The summed E-state index contributed by atoms with van der Waals surface area (Å²) in [5.74, 6) is -0.387. The molecular formula is C19H23N3O2S. The lowest BCUT2D eigenvalue weighted by molar-refractivity contribution is -0.130. The number of hydrogen-bond donors (Lipinski definition) is 1. The third-order valence-electron chi connectivity index (χ3n) is 3.57. The van der Waals surface area contributed by atoms with Crippen molar-refractivity contribution >= 4 is 34.4 Å². The molecule has 2 amide bonds. The first-order valence-electron chi connectivity index (χ1n) is 8.40. The van der Waals surface area contributed by atoms with E-state index in [1.807, 2.05) is 30.3 Å². The molecule has 0 aliphatic heterocycles. The van der Waals surface area contributed by atoms with Crippen molar-refractivity contribution in [3.05, 3.63) is 53.5 Å². The van der Waals surface area contributed by atoms with E-state index < -0.39 is 0 Å². The molecular weight excluding hydrogens is 334 g/mol. The maximum absolute atomic E-state index is 12.5. The first-order chi connectivity index (χ1) is 12.2. The first kappa shape index (κ1) is 18.9. The quantitative estimate of drug-likeness (QED) is 0.548. The average molecular weight is 357 g/mol. The molecule has 1 aromatic carbocycles. The summed E-state index contributed by atoms with van der Waals surface area (Å²) < 4.78 is 0. The number of nitrogens with one attached hydrogen (secondary N) is 1. The van der Waals surface area contributed by atoms with Crippen LogP contribution in [0.3, 0.4) is 0 Å². The van der Waals surface area contributed by atoms with E-state index in [0.717, 1.165) is 24.8 Å². The highest BCUT2D eigenvalue weighted by Gasteiger charge is 2.15. The molecule has 0 radical (unpaired) electrons. The highest BCUT2D eigenvalue weighted by atomic mass is 32.1. The van der Waals surface area contributed by atoms with Crippen LogP contribution in [0.2, 0.25) is 0 Å². The van der Waals surface area contributed by atoms with Gasteiger partial charge in [0.2, 0.25) is 11.8 Å². The first-order valence-corrected chi connectivity index (χ1v) is 9.28. The number of nitrogens with zero attached hydrogens (tertiary/aromatic N) is 2. The fourth-order valence-corrected chi connectivity index (χ4v) is 2.82. The largest absolute Gasteiger partial charge is 0.330 e. The van der Waals surface area contributed by atoms with E-state index in [9.17, 15) is 9.59 Å². The summed E-state index contributed by atoms with van der Waals surface area (Å²) in [6.45, 7) is 2.70. The van der Waals surface area contributed by atoms with E-state index in [2.05, 4.69) is 17.2 Å². The highest BCUT2D eigenvalue weighted by molar-refractivity contribution is 7.13. The minimum atomic E-state index is -0.229. The molecule has 5 nitrogen and oxygen atoms in total. The molecule has 1 N–H and O–H groups in total. The standard InChI is InChI=1S/C19H23N3O2S/c1-2-3-7-13-22(15-17(23)21-19-20-12-14-25-19)18(24)11-10-16-8-5-4-6-9-16/h4-6,8-12,14H,2-3,7,13,15H2,1H3,(H,20,21,23). The molecule has 1 heterocycles. The second-order valence-electron chi connectivity index (χ2n) is 5.60. The number of benzene rings is 1. The molecule has 6 heteroatoms. The van der Waals surface area contributed by atoms with Gasteiger partial charge in [-0.3, -0.25) is 9.59 Å². The molecule has 132 valence electrons. The van der Waals surface area contributed by atoms with Crippen LogP contribution in [0.1, 0.15) is 31.7 Å². The Hall–Kier alpha value is -2.47. The normalized spacial score (nSPS) is 10.8. The van der Waals surface area contributed by atoms with Crippen LogP contribution in [0.5, 0.6) is 0 Å². The zero-order valence-electron chi connectivity index (χ0n) is 14.4. The molecule has 0 fully saturated rings. The Labute approximate surface area is 152 Å². The monoisotopic (exact) mass is 357 g/mol. The second-order valence-corrected chi connectivity index (χ2v) is 6.49. The Bertz CT molecular complexity index is 684. The van der Waals surface area contributed by atoms with Gasteiger partial charge >= 0.3 is 0 Å². The SMILES string of the molecule is CCCCCN(CC(=O)Nc1nccs1)C(=O)C=Cc1ccccc1. The molecule has 0 saturated heterocycles. The fourth-order valence-electron chi connectivity index (χ4n) is 2.27. The summed E-state index contributed by atoms with van der Waals surface area (Å²) in [5.41, 5.74) is 0.955. The van der Waals surface area contributed by atoms with Crippen LogP contribution >= 0.6 is 11.3 Å². The van der Waals surface area contributed by atoms with Crippen molar-refractivity contribution in [3.63, 3.8) is 0 Å². The van der Waals surface area contributed by atoms with Crippen molar-refractivity contribution in [1.82, 2.24) is 9.88 Å². The van der Waals surface area contributed by atoms with E-state index in [4.69, 9.17) is 0 Å². The number of anilines is 1. The Kier molecular flexibility index (Phi) is 7.85. The van der Waals surface area contributed by atoms with Crippen LogP contribution in [0.15, 0.2) is 48.0 Å². The van der Waals surface area contributed by atoms with E-state index in [-0.39, 0.29) is 18.4 Å². The van der Waals surface area contributed by atoms with E-state index in [1.54, 1.807) is 22.6 Å². The third kappa shape index (κ3) is 6.89. The maximum Gasteiger partial charge on any atom is 0.247 e. The van der Waals surface area contributed by atoms with Crippen molar-refractivity contribution in [2.24, 2.45) is 0 Å². The van der Waals surface area contributed by atoms with Crippen LogP contribution < -0.4 is 5.32 Å². The average Bonchev–Trinajstić information content (AvgIpc) is 3.12. The van der Waals surface area contributed by atoms with Gasteiger partial charge in [0.05, 0.1) is 0 Å². The molecule has 0 atom stereocenters. The summed E-state index contributed by atoms with van der Waals surface area (Å²) in [6, 6.07) is 9.63. The van der Waals surface area contributed by atoms with Crippen molar-refractivity contribution in [3.8, 4) is 0 Å². The number of aromatic nitrogens is 1. The minimum Gasteiger partial charge on any atom is -0.330 e. The molecule has 0 unspecified atom stereocenters. The fraction of sp³-hybridized carbons (Fsp3) is 0.316. The highest BCUT2D eigenvalue weighted by Crippen LogP contribution is 2.10. The summed E-state index contributed by atoms with van der Waals surface area (Å²) in [6.07, 6.45) is 7.90. The lowest BCUT2D eigenvalue weighted by atomic mass is 10.2. The summed E-state index contributed by atoms with van der Waals surface area (Å²) in [7, 11) is 0. The van der Waals surface area contributed by atoms with Crippen LogP contribution in [0.4, 0.5) is 5.13 Å². The lowest BCUT2D eigenvalue weighted by Crippen LogP contribution is -2.37. The van der Waals surface area contributed by atoms with Gasteiger partial charge in [-0.1, -0.05) is 50.1 Å². The maximum atomic E-state index is 12.5. The van der Waals surface area contributed by atoms with Gasteiger partial charge in [0.15, 0.2) is 5.13 Å². The third-order valence-corrected chi connectivity index (χ3v) is 4.26. The number of carbonyl (C=O) groups excluding carboxylic acids is 2. The zero-order valence-corrected chi connectivity index (χ0v) is 15.2. The number of rotatable bonds is 9. The minimum absolute atomic E-state index is 0.0290. The van der Waals surface area contributed by atoms with E-state index in [0.29, 0.717) is 11.7 Å². The number of hydrogen-bond acceptors (Lipinski definition) is 4. The van der Waals surface area contributed by atoms with E-state index >= 15 is 0 Å². The Morgan fingerprint density at radius 2 is 2.04 bits per heavy atom. The molecule has 0 saturated carbocycles. The Morgan fingerprint density at radius 1 is 1.24 bits per heavy atom.